The maximum Gasteiger partial charge on any atom is 0.337 e. The van der Waals surface area contributed by atoms with Crippen molar-refractivity contribution in [3.8, 4) is 11.1 Å². The lowest BCUT2D eigenvalue weighted by molar-refractivity contribution is -0.353. The lowest BCUT2D eigenvalue weighted by Crippen LogP contribution is -2.49. The highest BCUT2D eigenvalue weighted by Crippen LogP contribution is 2.37. The maximum absolute atomic E-state index is 14.4. The predicted molar refractivity (Wildman–Crippen MR) is 117 cm³/mol. The van der Waals surface area contributed by atoms with Crippen LogP contribution < -0.4 is 5.73 Å². The molecule has 3 rings (SSSR count). The van der Waals surface area contributed by atoms with Gasteiger partial charge in [-0.15, -0.1) is 0 Å². The Balaban J connectivity index is 2.35. The van der Waals surface area contributed by atoms with Crippen molar-refractivity contribution in [3.63, 3.8) is 0 Å². The molecule has 0 bridgehead atoms. The molecule has 1 aromatic heterocycles. The zero-order chi connectivity index (χ0) is 22.9. The second kappa shape index (κ2) is 8.62. The monoisotopic (exact) mass is 446 g/mol. The molecule has 0 spiro atoms. The molecule has 0 amide bonds. The van der Waals surface area contributed by atoms with Gasteiger partial charge in [-0.2, -0.15) is 0 Å². The van der Waals surface area contributed by atoms with Crippen molar-refractivity contribution in [3.05, 3.63) is 65.6 Å². The van der Waals surface area contributed by atoms with Crippen LogP contribution in [0.5, 0.6) is 0 Å². The van der Waals surface area contributed by atoms with Gasteiger partial charge in [-0.1, -0.05) is 24.3 Å². The summed E-state index contributed by atoms with van der Waals surface area (Å²) in [7, 11) is -0.750. The summed E-state index contributed by atoms with van der Waals surface area (Å²) in [5.74, 6) is -1.55. The zero-order valence-corrected chi connectivity index (χ0v) is 18.4. The normalized spacial score (nSPS) is 12.6. The molecule has 0 aliphatic heterocycles. The van der Waals surface area contributed by atoms with Crippen LogP contribution in [0.25, 0.3) is 22.0 Å². The van der Waals surface area contributed by atoms with Crippen molar-refractivity contribution in [1.29, 1.82) is 0 Å². The van der Waals surface area contributed by atoms with Crippen LogP contribution in [0.1, 0.15) is 16.1 Å². The SMILES string of the molecule is Cc1c(-c2cccc(S(=O)(=O)N(C)C)c2)c2cccc(C(=O)O)c2n1C/C(F)=C/C[NH3+]. The first-order valence-corrected chi connectivity index (χ1v) is 11.1. The van der Waals surface area contributed by atoms with Gasteiger partial charge in [-0.25, -0.2) is 21.9 Å². The highest BCUT2D eigenvalue weighted by atomic mass is 32.2. The van der Waals surface area contributed by atoms with Crippen LogP contribution in [0.15, 0.2) is 59.3 Å². The largest absolute Gasteiger partial charge is 0.478 e. The molecule has 2 aromatic carbocycles. The number of quaternary nitrogens is 1. The van der Waals surface area contributed by atoms with Gasteiger partial charge in [0, 0.05) is 36.8 Å². The van der Waals surface area contributed by atoms with E-state index in [-0.39, 0.29) is 23.5 Å². The van der Waals surface area contributed by atoms with Crippen LogP contribution >= 0.6 is 0 Å². The number of aromatic carboxylic acids is 1. The lowest BCUT2D eigenvalue weighted by atomic mass is 10.0. The van der Waals surface area contributed by atoms with Gasteiger partial charge in [0.2, 0.25) is 10.0 Å². The van der Waals surface area contributed by atoms with Gasteiger partial charge in [-0.3, -0.25) is 0 Å². The summed E-state index contributed by atoms with van der Waals surface area (Å²) in [5.41, 5.74) is 5.95. The number of sulfonamides is 1. The molecule has 31 heavy (non-hydrogen) atoms. The number of carbonyl (C=O) groups is 1. The summed E-state index contributed by atoms with van der Waals surface area (Å²) >= 11 is 0. The summed E-state index contributed by atoms with van der Waals surface area (Å²) in [6, 6.07) is 11.3. The number of carboxylic acid groups (broad SMARTS) is 1. The zero-order valence-electron chi connectivity index (χ0n) is 17.6. The van der Waals surface area contributed by atoms with Crippen LogP contribution in [0.3, 0.4) is 0 Å². The van der Waals surface area contributed by atoms with E-state index in [0.29, 0.717) is 27.7 Å². The molecular weight excluding hydrogens is 421 g/mol. The Morgan fingerprint density at radius 1 is 1.23 bits per heavy atom. The van der Waals surface area contributed by atoms with Crippen molar-refractivity contribution < 1.29 is 28.4 Å². The Kier molecular flexibility index (Phi) is 6.30. The van der Waals surface area contributed by atoms with Crippen LogP contribution in [0, 0.1) is 6.92 Å². The Labute approximate surface area is 180 Å². The molecule has 0 fully saturated rings. The Hall–Kier alpha value is -3.01. The van der Waals surface area contributed by atoms with E-state index in [2.05, 4.69) is 5.73 Å². The van der Waals surface area contributed by atoms with Crippen LogP contribution in [0.2, 0.25) is 0 Å². The van der Waals surface area contributed by atoms with Crippen LogP contribution in [0.4, 0.5) is 4.39 Å². The second-order valence-corrected chi connectivity index (χ2v) is 9.46. The fraction of sp³-hybridized carbons (Fsp3) is 0.227. The standard InChI is InChI=1S/C22H24FN3O4S/c1-14-20(15-6-4-7-17(12-15)31(29,30)25(2)3)18-8-5-9-19(22(27)28)21(18)26(14)13-16(23)10-11-24/h4-10,12H,11,13,24H2,1-3H3,(H,27,28)/p+1/b16-10-. The summed E-state index contributed by atoms with van der Waals surface area (Å²) in [4.78, 5) is 12.0. The number of halogens is 1. The molecule has 0 atom stereocenters. The number of rotatable bonds is 7. The molecule has 0 aliphatic rings. The summed E-state index contributed by atoms with van der Waals surface area (Å²) in [6.45, 7) is 1.90. The highest BCUT2D eigenvalue weighted by Gasteiger charge is 2.23. The molecule has 3 aromatic rings. The van der Waals surface area contributed by atoms with Gasteiger partial charge < -0.3 is 15.4 Å². The minimum atomic E-state index is -3.66. The number of nitrogens with zero attached hydrogens (tertiary/aromatic N) is 2. The van der Waals surface area contributed by atoms with Gasteiger partial charge in [0.25, 0.3) is 0 Å². The van der Waals surface area contributed by atoms with Gasteiger partial charge in [0.05, 0.1) is 29.1 Å². The van der Waals surface area contributed by atoms with E-state index in [1.807, 2.05) is 0 Å². The number of hydrogen-bond donors (Lipinski definition) is 2. The Morgan fingerprint density at radius 3 is 2.52 bits per heavy atom. The molecule has 0 unspecified atom stereocenters. The first kappa shape index (κ1) is 22.7. The molecule has 9 heteroatoms. The number of carboxylic acids is 1. The highest BCUT2D eigenvalue weighted by molar-refractivity contribution is 7.89. The first-order valence-electron chi connectivity index (χ1n) is 9.61. The molecule has 0 radical (unpaired) electrons. The fourth-order valence-electron chi connectivity index (χ4n) is 3.66. The molecular formula is C22H25FN3O4S+. The average molecular weight is 447 g/mol. The summed E-state index contributed by atoms with van der Waals surface area (Å²) < 4.78 is 42.4. The first-order chi connectivity index (χ1) is 14.6. The van der Waals surface area contributed by atoms with Crippen molar-refractivity contribution in [2.45, 2.75) is 18.4 Å². The molecule has 164 valence electrons. The molecule has 0 saturated heterocycles. The fourth-order valence-corrected chi connectivity index (χ4v) is 4.61. The van der Waals surface area contributed by atoms with Crippen molar-refractivity contribution in [1.82, 2.24) is 8.87 Å². The van der Waals surface area contributed by atoms with E-state index < -0.39 is 21.8 Å². The van der Waals surface area contributed by atoms with Gasteiger partial charge >= 0.3 is 5.97 Å². The molecule has 7 nitrogen and oxygen atoms in total. The number of fused-ring (bicyclic) bond motifs is 1. The third-order valence-electron chi connectivity index (χ3n) is 5.15. The minimum absolute atomic E-state index is 0.0475. The predicted octanol–water partition coefficient (Wildman–Crippen LogP) is 2.66. The second-order valence-electron chi connectivity index (χ2n) is 7.31. The smallest absolute Gasteiger partial charge is 0.337 e. The quantitative estimate of drug-likeness (QED) is 0.582. The van der Waals surface area contributed by atoms with Crippen molar-refractivity contribution >= 4 is 26.9 Å². The van der Waals surface area contributed by atoms with Gasteiger partial charge in [0.15, 0.2) is 0 Å². The maximum atomic E-state index is 14.4. The molecule has 0 aliphatic carbocycles. The molecule has 4 N–H and O–H groups in total. The van der Waals surface area contributed by atoms with E-state index >= 15 is 0 Å². The Morgan fingerprint density at radius 2 is 1.90 bits per heavy atom. The summed E-state index contributed by atoms with van der Waals surface area (Å²) in [6.07, 6.45) is 1.35. The van der Waals surface area contributed by atoms with Crippen LogP contribution in [-0.4, -0.2) is 49.0 Å². The number of allylic oxidation sites excluding steroid dienone is 1. The van der Waals surface area contributed by atoms with Gasteiger partial charge in [0.1, 0.15) is 5.83 Å². The number of hydrogen-bond acceptors (Lipinski definition) is 3. The number of benzene rings is 2. The Bertz CT molecular complexity index is 1290. The topological polar surface area (TPSA) is 107 Å². The third kappa shape index (κ3) is 4.12. The van der Waals surface area contributed by atoms with Crippen molar-refractivity contribution in [2.75, 3.05) is 20.6 Å². The van der Waals surface area contributed by atoms with Crippen LogP contribution in [-0.2, 0) is 16.6 Å². The van der Waals surface area contributed by atoms with E-state index in [0.717, 1.165) is 4.31 Å². The number of aromatic nitrogens is 1. The van der Waals surface area contributed by atoms with Gasteiger partial charge in [-0.05, 0) is 30.7 Å². The summed E-state index contributed by atoms with van der Waals surface area (Å²) in [5, 5.41) is 10.3. The van der Waals surface area contributed by atoms with E-state index in [1.165, 1.54) is 32.3 Å². The molecule has 0 saturated carbocycles. The minimum Gasteiger partial charge on any atom is -0.478 e. The lowest BCUT2D eigenvalue weighted by Gasteiger charge is -2.13. The van der Waals surface area contributed by atoms with E-state index in [9.17, 15) is 22.7 Å². The molecule has 1 heterocycles. The van der Waals surface area contributed by atoms with E-state index in [1.54, 1.807) is 41.8 Å². The average Bonchev–Trinajstić information content (AvgIpc) is 2.99. The van der Waals surface area contributed by atoms with Crippen molar-refractivity contribution in [2.24, 2.45) is 0 Å². The van der Waals surface area contributed by atoms with E-state index in [4.69, 9.17) is 0 Å². The third-order valence-corrected chi connectivity index (χ3v) is 6.96. The number of para-hydroxylation sites is 1.